The topological polar surface area (TPSA) is 86.5 Å². The van der Waals surface area contributed by atoms with Gasteiger partial charge >= 0.3 is 0 Å². The van der Waals surface area contributed by atoms with E-state index < -0.39 is 11.9 Å². The van der Waals surface area contributed by atoms with Crippen LogP contribution in [0.1, 0.15) is 22.8 Å². The number of pyridine rings is 1. The molecule has 0 aliphatic carbocycles. The van der Waals surface area contributed by atoms with Gasteiger partial charge in [-0.3, -0.25) is 4.79 Å². The summed E-state index contributed by atoms with van der Waals surface area (Å²) in [6.45, 7) is 2.74. The Bertz CT molecular complexity index is 961. The lowest BCUT2D eigenvalue weighted by molar-refractivity contribution is 0.0951. The Morgan fingerprint density at radius 2 is 1.79 bits per heavy atom. The van der Waals surface area contributed by atoms with Crippen molar-refractivity contribution in [3.63, 3.8) is 0 Å². The molecule has 3 N–H and O–H groups in total. The number of ether oxygens (including phenoxy) is 2. The molecule has 0 spiro atoms. The number of nitrogens with zero attached hydrogens (tertiary/aromatic N) is 1. The first-order valence-corrected chi connectivity index (χ1v) is 8.75. The van der Waals surface area contributed by atoms with Crippen molar-refractivity contribution in [2.75, 3.05) is 12.3 Å². The average molecular weight is 381 g/mol. The fraction of sp³-hybridized carbons (Fsp3) is 0.143. The molecular formula is C21H20FN3O3. The number of amides is 1. The molecule has 1 amide bonds. The van der Waals surface area contributed by atoms with E-state index in [1.165, 1.54) is 6.07 Å². The van der Waals surface area contributed by atoms with Crippen LogP contribution in [-0.2, 0) is 6.54 Å². The molecule has 0 aliphatic heterocycles. The van der Waals surface area contributed by atoms with Gasteiger partial charge in [0.25, 0.3) is 5.91 Å². The van der Waals surface area contributed by atoms with Crippen LogP contribution in [0.15, 0.2) is 60.7 Å². The molecule has 28 heavy (non-hydrogen) atoms. The van der Waals surface area contributed by atoms with Crippen molar-refractivity contribution in [3.05, 3.63) is 77.7 Å². The normalized spacial score (nSPS) is 10.4. The van der Waals surface area contributed by atoms with Crippen LogP contribution in [0.5, 0.6) is 17.2 Å². The highest BCUT2D eigenvalue weighted by Gasteiger charge is 2.11. The molecule has 0 bridgehead atoms. The number of para-hydroxylation sites is 2. The Balaban J connectivity index is 1.61. The summed E-state index contributed by atoms with van der Waals surface area (Å²) in [4.78, 5) is 15.6. The molecule has 1 heterocycles. The number of carbonyl (C=O) groups is 1. The average Bonchev–Trinajstić information content (AvgIpc) is 2.69. The van der Waals surface area contributed by atoms with E-state index in [1.807, 2.05) is 43.3 Å². The summed E-state index contributed by atoms with van der Waals surface area (Å²) in [7, 11) is 0. The number of rotatable bonds is 7. The van der Waals surface area contributed by atoms with Gasteiger partial charge in [-0.05, 0) is 48.9 Å². The van der Waals surface area contributed by atoms with Gasteiger partial charge in [0.1, 0.15) is 11.6 Å². The molecule has 0 saturated carbocycles. The molecule has 0 unspecified atom stereocenters. The molecule has 0 fully saturated rings. The second-order valence-corrected chi connectivity index (χ2v) is 5.88. The minimum Gasteiger partial charge on any atom is -0.490 e. The molecule has 0 aliphatic rings. The zero-order chi connectivity index (χ0) is 19.9. The number of nitrogens with one attached hydrogen (secondary N) is 1. The molecule has 0 radical (unpaired) electrons. The second kappa shape index (κ2) is 8.85. The molecule has 1 aromatic heterocycles. The maximum atomic E-state index is 13.0. The van der Waals surface area contributed by atoms with Gasteiger partial charge < -0.3 is 20.5 Å². The minimum absolute atomic E-state index is 0.133. The Kier molecular flexibility index (Phi) is 6.06. The summed E-state index contributed by atoms with van der Waals surface area (Å²) in [5.74, 6) is 0.659. The highest BCUT2D eigenvalue weighted by atomic mass is 19.1. The predicted octanol–water partition coefficient (Wildman–Crippen LogP) is 3.92. The van der Waals surface area contributed by atoms with Gasteiger partial charge in [-0.1, -0.05) is 24.3 Å². The second-order valence-electron chi connectivity index (χ2n) is 5.88. The minimum atomic E-state index is -0.726. The van der Waals surface area contributed by atoms with Crippen LogP contribution >= 0.6 is 0 Å². The summed E-state index contributed by atoms with van der Waals surface area (Å²) < 4.78 is 24.4. The van der Waals surface area contributed by atoms with E-state index >= 15 is 0 Å². The lowest BCUT2D eigenvalue weighted by Crippen LogP contribution is -2.24. The fourth-order valence-corrected chi connectivity index (χ4v) is 2.53. The summed E-state index contributed by atoms with van der Waals surface area (Å²) in [6, 6.07) is 17.1. The maximum absolute atomic E-state index is 13.0. The third-order valence-corrected chi connectivity index (χ3v) is 3.89. The summed E-state index contributed by atoms with van der Waals surface area (Å²) in [5, 5.41) is 2.73. The number of hydrogen-bond acceptors (Lipinski definition) is 5. The molecule has 0 saturated heterocycles. The summed E-state index contributed by atoms with van der Waals surface area (Å²) in [5.41, 5.74) is 6.58. The van der Waals surface area contributed by atoms with Crippen molar-refractivity contribution >= 4 is 11.7 Å². The van der Waals surface area contributed by atoms with Gasteiger partial charge in [-0.25, -0.2) is 4.98 Å². The number of hydrogen-bond donors (Lipinski definition) is 2. The lowest BCUT2D eigenvalue weighted by Gasteiger charge is -2.12. The molecule has 3 aromatic rings. The van der Waals surface area contributed by atoms with Crippen LogP contribution in [0.25, 0.3) is 0 Å². The molecular weight excluding hydrogens is 361 g/mol. The molecule has 0 atom stereocenters. The Morgan fingerprint density at radius 3 is 2.46 bits per heavy atom. The Hall–Kier alpha value is -3.61. The van der Waals surface area contributed by atoms with Gasteiger partial charge in [0.15, 0.2) is 11.5 Å². The third-order valence-electron chi connectivity index (χ3n) is 3.89. The Morgan fingerprint density at radius 1 is 1.07 bits per heavy atom. The van der Waals surface area contributed by atoms with E-state index in [-0.39, 0.29) is 17.9 Å². The van der Waals surface area contributed by atoms with Crippen LogP contribution in [0.4, 0.5) is 10.2 Å². The van der Waals surface area contributed by atoms with Crippen LogP contribution < -0.4 is 20.5 Å². The van der Waals surface area contributed by atoms with Gasteiger partial charge in [0, 0.05) is 6.54 Å². The first kappa shape index (κ1) is 19.2. The van der Waals surface area contributed by atoms with E-state index in [9.17, 15) is 9.18 Å². The number of aromatic nitrogens is 1. The molecule has 3 rings (SSSR count). The zero-order valence-electron chi connectivity index (χ0n) is 15.3. The lowest BCUT2D eigenvalue weighted by atomic mass is 10.2. The van der Waals surface area contributed by atoms with Crippen molar-refractivity contribution in [1.82, 2.24) is 10.3 Å². The molecule has 7 heteroatoms. The van der Waals surface area contributed by atoms with Crippen molar-refractivity contribution in [2.45, 2.75) is 13.5 Å². The third kappa shape index (κ3) is 4.76. The highest BCUT2D eigenvalue weighted by molar-refractivity contribution is 5.98. The van der Waals surface area contributed by atoms with Gasteiger partial charge in [-0.15, -0.1) is 0 Å². The smallest absolute Gasteiger partial charge is 0.255 e. The number of carbonyl (C=O) groups excluding carboxylic acids is 1. The predicted molar refractivity (Wildman–Crippen MR) is 104 cm³/mol. The molecule has 2 aromatic carbocycles. The highest BCUT2D eigenvalue weighted by Crippen LogP contribution is 2.31. The number of nitrogens with two attached hydrogens (primary N) is 1. The van der Waals surface area contributed by atoms with Crippen LogP contribution in [-0.4, -0.2) is 17.5 Å². The van der Waals surface area contributed by atoms with Crippen molar-refractivity contribution in [2.24, 2.45) is 0 Å². The number of anilines is 1. The van der Waals surface area contributed by atoms with Crippen molar-refractivity contribution < 1.29 is 18.7 Å². The van der Waals surface area contributed by atoms with E-state index in [0.717, 1.165) is 11.6 Å². The van der Waals surface area contributed by atoms with Crippen molar-refractivity contribution in [1.29, 1.82) is 0 Å². The standard InChI is InChI=1S/C21H20FN3O3/c1-2-27-17-5-3-4-6-18(17)28-15-9-7-14(8-10-15)13-24-21(26)16-11-12-19(22)25-20(16)23/h3-12H,2,13H2,1H3,(H2,23,25)(H,24,26). The Labute approximate surface area is 162 Å². The quantitative estimate of drug-likeness (QED) is 0.606. The van der Waals surface area contributed by atoms with Gasteiger partial charge in [0.2, 0.25) is 5.95 Å². The molecule has 144 valence electrons. The largest absolute Gasteiger partial charge is 0.490 e. The van der Waals surface area contributed by atoms with Crippen LogP contribution in [0.2, 0.25) is 0 Å². The number of nitrogen functional groups attached to an aromatic ring is 1. The zero-order valence-corrected chi connectivity index (χ0v) is 15.3. The SMILES string of the molecule is CCOc1ccccc1Oc1ccc(CNC(=O)c2ccc(F)nc2N)cc1. The molecule has 6 nitrogen and oxygen atoms in total. The van der Waals surface area contributed by atoms with Crippen LogP contribution in [0, 0.1) is 5.95 Å². The van der Waals surface area contributed by atoms with Crippen molar-refractivity contribution in [3.8, 4) is 17.2 Å². The first-order valence-electron chi connectivity index (χ1n) is 8.75. The van der Waals surface area contributed by atoms with E-state index in [2.05, 4.69) is 10.3 Å². The van der Waals surface area contributed by atoms with Crippen LogP contribution in [0.3, 0.4) is 0 Å². The van der Waals surface area contributed by atoms with Gasteiger partial charge in [0.05, 0.1) is 12.2 Å². The summed E-state index contributed by atoms with van der Waals surface area (Å²) >= 11 is 0. The first-order chi connectivity index (χ1) is 13.6. The van der Waals surface area contributed by atoms with E-state index in [0.29, 0.717) is 23.9 Å². The van der Waals surface area contributed by atoms with E-state index in [4.69, 9.17) is 15.2 Å². The fourth-order valence-electron chi connectivity index (χ4n) is 2.53. The van der Waals surface area contributed by atoms with E-state index in [1.54, 1.807) is 12.1 Å². The van der Waals surface area contributed by atoms with Gasteiger partial charge in [-0.2, -0.15) is 4.39 Å². The monoisotopic (exact) mass is 381 g/mol. The maximum Gasteiger partial charge on any atom is 0.255 e. The summed E-state index contributed by atoms with van der Waals surface area (Å²) in [6.07, 6.45) is 0. The number of benzene rings is 2. The number of halogens is 1.